The zero-order valence-corrected chi connectivity index (χ0v) is 32.2. The first-order valence-corrected chi connectivity index (χ1v) is 20.9. The molecular weight excluding hydrogens is 634 g/mol. The van der Waals surface area contributed by atoms with Crippen molar-refractivity contribution in [1.82, 2.24) is 5.32 Å². The second-order valence-electron chi connectivity index (χ2n) is 14.8. The third kappa shape index (κ3) is 23.5. The number of allylic oxidation sites excluding steroid dienone is 1. The van der Waals surface area contributed by atoms with Gasteiger partial charge >= 0.3 is 0 Å². The van der Waals surface area contributed by atoms with Gasteiger partial charge < -0.3 is 40.3 Å². The summed E-state index contributed by atoms with van der Waals surface area (Å²) in [6, 6.07) is -0.794. The highest BCUT2D eigenvalue weighted by Gasteiger charge is 2.44. The molecule has 1 aliphatic rings. The lowest BCUT2D eigenvalue weighted by atomic mass is 9.99. The van der Waals surface area contributed by atoms with E-state index >= 15 is 0 Å². The van der Waals surface area contributed by atoms with E-state index in [0.717, 1.165) is 44.9 Å². The molecule has 0 aliphatic carbocycles. The van der Waals surface area contributed by atoms with E-state index in [9.17, 15) is 30.3 Å². The number of hydrogen-bond donors (Lipinski definition) is 6. The minimum atomic E-state index is -1.56. The monoisotopic (exact) mass is 714 g/mol. The van der Waals surface area contributed by atoms with Crippen LogP contribution in [0.1, 0.15) is 187 Å². The fourth-order valence-electron chi connectivity index (χ4n) is 6.68. The predicted octanol–water partition coefficient (Wildman–Crippen LogP) is 7.78. The van der Waals surface area contributed by atoms with E-state index in [1.54, 1.807) is 6.08 Å². The highest BCUT2D eigenvalue weighted by atomic mass is 16.7. The molecule has 0 radical (unpaired) electrons. The first-order chi connectivity index (χ1) is 24.3. The summed E-state index contributed by atoms with van der Waals surface area (Å²) in [5, 5.41) is 53.6. The Morgan fingerprint density at radius 1 is 0.660 bits per heavy atom. The molecule has 0 spiro atoms. The van der Waals surface area contributed by atoms with Gasteiger partial charge in [-0.05, 0) is 19.3 Å². The molecular formula is C41H79NO8. The van der Waals surface area contributed by atoms with E-state index in [4.69, 9.17) is 9.47 Å². The summed E-state index contributed by atoms with van der Waals surface area (Å²) >= 11 is 0. The lowest BCUT2D eigenvalue weighted by Crippen LogP contribution is -2.60. The van der Waals surface area contributed by atoms with Crippen molar-refractivity contribution in [3.8, 4) is 0 Å². The number of carbonyl (C=O) groups excluding carboxylic acids is 1. The van der Waals surface area contributed by atoms with Crippen LogP contribution in [0.25, 0.3) is 0 Å². The SMILES string of the molecule is CCCCC/C=C/C(O)C(COC1OC(CO)C(O)C(O)C1O)NC(=O)CCCCCCCCCCCCCCCCCCCCCCCC. The first kappa shape index (κ1) is 47.0. The van der Waals surface area contributed by atoms with E-state index in [0.29, 0.717) is 6.42 Å². The topological polar surface area (TPSA) is 149 Å². The Morgan fingerprint density at radius 2 is 1.10 bits per heavy atom. The largest absolute Gasteiger partial charge is 0.394 e. The smallest absolute Gasteiger partial charge is 0.220 e. The van der Waals surface area contributed by atoms with Crippen molar-refractivity contribution in [3.05, 3.63) is 12.2 Å². The van der Waals surface area contributed by atoms with E-state index in [2.05, 4.69) is 19.2 Å². The fraction of sp³-hybridized carbons (Fsp3) is 0.927. The number of carbonyl (C=O) groups is 1. The molecule has 1 saturated heterocycles. The van der Waals surface area contributed by atoms with Crippen LogP contribution in [0.4, 0.5) is 0 Å². The van der Waals surface area contributed by atoms with Crippen LogP contribution in [0, 0.1) is 0 Å². The quantitative estimate of drug-likeness (QED) is 0.0293. The lowest BCUT2D eigenvalue weighted by molar-refractivity contribution is -0.302. The van der Waals surface area contributed by atoms with Crippen LogP contribution < -0.4 is 5.32 Å². The summed E-state index contributed by atoms with van der Waals surface area (Å²) in [4.78, 5) is 12.8. The van der Waals surface area contributed by atoms with Crippen LogP contribution in [0.2, 0.25) is 0 Å². The van der Waals surface area contributed by atoms with Gasteiger partial charge in [-0.15, -0.1) is 0 Å². The number of hydrogen-bond acceptors (Lipinski definition) is 8. The van der Waals surface area contributed by atoms with E-state index in [-0.39, 0.29) is 12.5 Å². The van der Waals surface area contributed by atoms with Crippen molar-refractivity contribution in [1.29, 1.82) is 0 Å². The molecule has 0 aromatic carbocycles. The Morgan fingerprint density at radius 3 is 1.56 bits per heavy atom. The molecule has 7 unspecified atom stereocenters. The fourth-order valence-corrected chi connectivity index (χ4v) is 6.68. The molecule has 1 amide bonds. The molecule has 50 heavy (non-hydrogen) atoms. The number of aliphatic hydroxyl groups excluding tert-OH is 5. The number of rotatable bonds is 34. The highest BCUT2D eigenvalue weighted by molar-refractivity contribution is 5.76. The molecule has 7 atom stereocenters. The normalized spacial score (nSPS) is 22.3. The highest BCUT2D eigenvalue weighted by Crippen LogP contribution is 2.22. The molecule has 1 rings (SSSR count). The van der Waals surface area contributed by atoms with Crippen molar-refractivity contribution in [2.45, 2.75) is 230 Å². The molecule has 0 saturated carbocycles. The zero-order chi connectivity index (χ0) is 36.7. The summed E-state index contributed by atoms with van der Waals surface area (Å²) in [7, 11) is 0. The maximum Gasteiger partial charge on any atom is 0.220 e. The van der Waals surface area contributed by atoms with Gasteiger partial charge in [0.05, 0.1) is 25.4 Å². The zero-order valence-electron chi connectivity index (χ0n) is 32.2. The Balaban J connectivity index is 2.17. The molecule has 0 aromatic rings. The number of amides is 1. The standard InChI is InChI=1S/C41H79NO8/c1-3-5-7-9-10-11-12-13-14-15-16-17-18-19-20-21-22-23-24-25-27-29-31-37(45)42-34(35(44)30-28-26-8-6-4-2)33-49-41-40(48)39(47)38(46)36(32-43)50-41/h28,30,34-36,38-41,43-44,46-48H,3-27,29,31-33H2,1-2H3,(H,42,45)/b30-28+. The molecule has 1 heterocycles. The van der Waals surface area contributed by atoms with Crippen LogP contribution in [0.5, 0.6) is 0 Å². The maximum atomic E-state index is 12.8. The minimum Gasteiger partial charge on any atom is -0.394 e. The van der Waals surface area contributed by atoms with Crippen LogP contribution in [0.3, 0.4) is 0 Å². The van der Waals surface area contributed by atoms with Crippen molar-refractivity contribution < 1.29 is 39.8 Å². The van der Waals surface area contributed by atoms with Gasteiger partial charge in [0.25, 0.3) is 0 Å². The Kier molecular flexibility index (Phi) is 30.6. The average Bonchev–Trinajstić information content (AvgIpc) is 3.11. The maximum absolute atomic E-state index is 12.8. The molecule has 0 aromatic heterocycles. The van der Waals surface area contributed by atoms with Gasteiger partial charge in [-0.2, -0.15) is 0 Å². The minimum absolute atomic E-state index is 0.181. The van der Waals surface area contributed by atoms with Crippen molar-refractivity contribution >= 4 is 5.91 Å². The van der Waals surface area contributed by atoms with Gasteiger partial charge in [0, 0.05) is 6.42 Å². The molecule has 9 heteroatoms. The summed E-state index contributed by atoms with van der Waals surface area (Å²) < 4.78 is 11.1. The molecule has 0 bridgehead atoms. The summed E-state index contributed by atoms with van der Waals surface area (Å²) in [5.74, 6) is -0.181. The Hall–Kier alpha value is -1.07. The second kappa shape index (κ2) is 32.6. The molecule has 296 valence electrons. The van der Waals surface area contributed by atoms with Crippen LogP contribution in [-0.2, 0) is 14.3 Å². The summed E-state index contributed by atoms with van der Waals surface area (Å²) in [6.07, 6.45) is 28.9. The number of ether oxygens (including phenoxy) is 2. The van der Waals surface area contributed by atoms with Crippen LogP contribution in [0.15, 0.2) is 12.2 Å². The van der Waals surface area contributed by atoms with Crippen molar-refractivity contribution in [3.63, 3.8) is 0 Å². The van der Waals surface area contributed by atoms with Crippen LogP contribution >= 0.6 is 0 Å². The third-order valence-corrected chi connectivity index (χ3v) is 10.1. The number of unbranched alkanes of at least 4 members (excludes halogenated alkanes) is 24. The summed E-state index contributed by atoms with van der Waals surface area (Å²) in [5.41, 5.74) is 0. The predicted molar refractivity (Wildman–Crippen MR) is 203 cm³/mol. The number of nitrogens with one attached hydrogen (secondary N) is 1. The molecule has 9 nitrogen and oxygen atoms in total. The van der Waals surface area contributed by atoms with Gasteiger partial charge in [-0.3, -0.25) is 4.79 Å². The van der Waals surface area contributed by atoms with Gasteiger partial charge in [0.2, 0.25) is 5.91 Å². The van der Waals surface area contributed by atoms with E-state index in [1.165, 1.54) is 122 Å². The molecule has 1 aliphatic heterocycles. The summed E-state index contributed by atoms with van der Waals surface area (Å²) in [6.45, 7) is 3.66. The van der Waals surface area contributed by atoms with Gasteiger partial charge in [-0.1, -0.05) is 174 Å². The second-order valence-corrected chi connectivity index (χ2v) is 14.8. The van der Waals surface area contributed by atoms with Gasteiger partial charge in [0.15, 0.2) is 6.29 Å². The van der Waals surface area contributed by atoms with E-state index < -0.39 is 49.5 Å². The third-order valence-electron chi connectivity index (χ3n) is 10.1. The Bertz CT molecular complexity index is 797. The van der Waals surface area contributed by atoms with Gasteiger partial charge in [0.1, 0.15) is 24.4 Å². The van der Waals surface area contributed by atoms with Crippen molar-refractivity contribution in [2.75, 3.05) is 13.2 Å². The van der Waals surface area contributed by atoms with E-state index in [1.807, 2.05) is 6.08 Å². The first-order valence-electron chi connectivity index (χ1n) is 20.9. The van der Waals surface area contributed by atoms with Gasteiger partial charge in [-0.25, -0.2) is 0 Å². The van der Waals surface area contributed by atoms with Crippen molar-refractivity contribution in [2.24, 2.45) is 0 Å². The lowest BCUT2D eigenvalue weighted by Gasteiger charge is -2.40. The average molecular weight is 714 g/mol. The molecule has 6 N–H and O–H groups in total. The molecule has 1 fully saturated rings. The number of aliphatic hydroxyl groups is 5. The Labute approximate surface area is 306 Å². The van der Waals surface area contributed by atoms with Crippen LogP contribution in [-0.4, -0.2) is 87.5 Å².